The summed E-state index contributed by atoms with van der Waals surface area (Å²) in [6.07, 6.45) is 1.53. The predicted octanol–water partition coefficient (Wildman–Crippen LogP) is 2.17. The molecule has 0 unspecified atom stereocenters. The van der Waals surface area contributed by atoms with Crippen molar-refractivity contribution >= 4 is 17.0 Å². The first kappa shape index (κ1) is 12.6. The number of nitrogens with two attached hydrogens (primary N) is 1. The Morgan fingerprint density at radius 2 is 1.80 bits per heavy atom. The number of hydrogen-bond donors (Lipinski definition) is 2. The number of hydrogen-bond acceptors (Lipinski definition) is 2. The van der Waals surface area contributed by atoms with Crippen molar-refractivity contribution in [3.8, 4) is 0 Å². The molecule has 0 bridgehead atoms. The van der Waals surface area contributed by atoms with Crippen LogP contribution in [0.3, 0.4) is 0 Å². The van der Waals surface area contributed by atoms with Crippen LogP contribution < -0.4 is 5.73 Å². The molecule has 0 radical (unpaired) electrons. The molecular weight excluding hydrogens is 261 g/mol. The molecule has 1 aromatic rings. The molecule has 1 aromatic carbocycles. The van der Waals surface area contributed by atoms with Gasteiger partial charge in [-0.2, -0.15) is 0 Å². The van der Waals surface area contributed by atoms with Crippen molar-refractivity contribution in [2.45, 2.75) is 25.0 Å². The molecule has 15 heavy (non-hydrogen) atoms. The Morgan fingerprint density at radius 1 is 1.27 bits per heavy atom. The van der Waals surface area contributed by atoms with E-state index < -0.39 is 6.10 Å². The molecule has 0 heterocycles. The van der Waals surface area contributed by atoms with Gasteiger partial charge in [0.15, 0.2) is 0 Å². The second kappa shape index (κ2) is 5.05. The zero-order valence-electron chi connectivity index (χ0n) is 8.27. The van der Waals surface area contributed by atoms with Crippen molar-refractivity contribution in [3.63, 3.8) is 0 Å². The molecule has 2 nitrogen and oxygen atoms in total. The molecule has 3 N–H and O–H groups in total. The lowest BCUT2D eigenvalue weighted by Crippen LogP contribution is -2.30. The molecule has 0 amide bonds. The van der Waals surface area contributed by atoms with E-state index >= 15 is 0 Å². The van der Waals surface area contributed by atoms with E-state index in [4.69, 9.17) is 5.73 Å². The van der Waals surface area contributed by atoms with Gasteiger partial charge < -0.3 is 10.8 Å². The maximum Gasteiger partial charge on any atom is 0.123 e. The molecule has 0 aromatic heterocycles. The van der Waals surface area contributed by atoms with Crippen LogP contribution in [0, 0.1) is 11.7 Å². The van der Waals surface area contributed by atoms with E-state index in [0.717, 1.165) is 12.8 Å². The van der Waals surface area contributed by atoms with Gasteiger partial charge in [0.1, 0.15) is 5.82 Å². The first-order valence-corrected chi connectivity index (χ1v) is 4.87. The fourth-order valence-electron chi connectivity index (χ4n) is 1.62. The average Bonchev–Trinajstić information content (AvgIpc) is 3.00. The Balaban J connectivity index is 0.00000112. The smallest absolute Gasteiger partial charge is 0.123 e. The summed E-state index contributed by atoms with van der Waals surface area (Å²) >= 11 is 0. The summed E-state index contributed by atoms with van der Waals surface area (Å²) < 4.78 is 12.6. The molecule has 2 rings (SSSR count). The van der Waals surface area contributed by atoms with E-state index in [1.807, 2.05) is 0 Å². The molecule has 1 saturated carbocycles. The maximum atomic E-state index is 12.6. The number of halogens is 2. The van der Waals surface area contributed by atoms with Gasteiger partial charge in [-0.25, -0.2) is 4.39 Å². The van der Waals surface area contributed by atoms with Crippen molar-refractivity contribution in [2.75, 3.05) is 0 Å². The summed E-state index contributed by atoms with van der Waals surface area (Å²) in [6.45, 7) is 0. The van der Waals surface area contributed by atoms with Crippen LogP contribution in [-0.4, -0.2) is 11.1 Å². The van der Waals surface area contributed by atoms with Crippen LogP contribution in [0.15, 0.2) is 24.3 Å². The number of rotatable bonds is 3. The SMILES string of the molecule is Br.N[C@H](C1CC1)[C@@H](O)c1ccc(F)cc1. The first-order chi connectivity index (χ1) is 6.68. The van der Waals surface area contributed by atoms with E-state index in [0.29, 0.717) is 11.5 Å². The third-order valence-electron chi connectivity index (χ3n) is 2.74. The van der Waals surface area contributed by atoms with Gasteiger partial charge in [0.25, 0.3) is 0 Å². The zero-order chi connectivity index (χ0) is 10.1. The van der Waals surface area contributed by atoms with Gasteiger partial charge in [0, 0.05) is 6.04 Å². The quantitative estimate of drug-likeness (QED) is 0.888. The molecule has 84 valence electrons. The minimum atomic E-state index is -0.664. The summed E-state index contributed by atoms with van der Waals surface area (Å²) in [4.78, 5) is 0. The van der Waals surface area contributed by atoms with Gasteiger partial charge in [-0.1, -0.05) is 12.1 Å². The minimum Gasteiger partial charge on any atom is -0.387 e. The lowest BCUT2D eigenvalue weighted by molar-refractivity contribution is 0.137. The summed E-state index contributed by atoms with van der Waals surface area (Å²) in [5, 5.41) is 9.84. The second-order valence-corrected chi connectivity index (χ2v) is 3.91. The van der Waals surface area contributed by atoms with Crippen molar-refractivity contribution in [2.24, 2.45) is 11.7 Å². The van der Waals surface area contributed by atoms with Crippen molar-refractivity contribution < 1.29 is 9.50 Å². The van der Waals surface area contributed by atoms with Crippen LogP contribution in [-0.2, 0) is 0 Å². The van der Waals surface area contributed by atoms with Gasteiger partial charge in [0.2, 0.25) is 0 Å². The summed E-state index contributed by atoms with van der Waals surface area (Å²) in [7, 11) is 0. The third-order valence-corrected chi connectivity index (χ3v) is 2.74. The van der Waals surface area contributed by atoms with Gasteiger partial charge in [-0.3, -0.25) is 0 Å². The largest absolute Gasteiger partial charge is 0.387 e. The molecule has 1 aliphatic rings. The average molecular weight is 276 g/mol. The monoisotopic (exact) mass is 275 g/mol. The summed E-state index contributed by atoms with van der Waals surface area (Å²) in [6, 6.07) is 5.65. The van der Waals surface area contributed by atoms with Gasteiger partial charge in [-0.05, 0) is 36.5 Å². The standard InChI is InChI=1S/C11H14FNO.BrH/c12-9-5-3-8(4-6-9)11(14)10(13)7-1-2-7;/h3-7,10-11,14H,1-2,13H2;1H/t10-,11+;/m1./s1. The molecule has 2 atom stereocenters. The Kier molecular flexibility index (Phi) is 4.25. The van der Waals surface area contributed by atoms with Gasteiger partial charge in [-0.15, -0.1) is 17.0 Å². The number of benzene rings is 1. The lowest BCUT2D eigenvalue weighted by atomic mass is 9.99. The summed E-state index contributed by atoms with van der Waals surface area (Å²) in [5.41, 5.74) is 6.55. The van der Waals surface area contributed by atoms with E-state index in [9.17, 15) is 9.50 Å². The summed E-state index contributed by atoms with van der Waals surface area (Å²) in [5.74, 6) is 0.149. The van der Waals surface area contributed by atoms with Crippen molar-refractivity contribution in [1.82, 2.24) is 0 Å². The van der Waals surface area contributed by atoms with Gasteiger partial charge >= 0.3 is 0 Å². The molecule has 0 aliphatic heterocycles. The van der Waals surface area contributed by atoms with Crippen molar-refractivity contribution in [3.05, 3.63) is 35.6 Å². The van der Waals surface area contributed by atoms with E-state index in [1.54, 1.807) is 12.1 Å². The molecule has 0 spiro atoms. The maximum absolute atomic E-state index is 12.6. The molecular formula is C11H15BrFNO. The highest BCUT2D eigenvalue weighted by Gasteiger charge is 2.33. The topological polar surface area (TPSA) is 46.2 Å². The number of aliphatic hydroxyl groups excluding tert-OH is 1. The highest BCUT2D eigenvalue weighted by molar-refractivity contribution is 8.93. The molecule has 1 aliphatic carbocycles. The van der Waals surface area contributed by atoms with Gasteiger partial charge in [0.05, 0.1) is 6.10 Å². The Hall–Kier alpha value is -0.450. The number of aliphatic hydroxyl groups is 1. The predicted molar refractivity (Wildman–Crippen MR) is 62.4 cm³/mol. The van der Waals surface area contributed by atoms with E-state index in [-0.39, 0.29) is 28.8 Å². The Bertz CT molecular complexity index is 313. The second-order valence-electron chi connectivity index (χ2n) is 3.91. The van der Waals surface area contributed by atoms with Crippen LogP contribution in [0.25, 0.3) is 0 Å². The molecule has 4 heteroatoms. The molecule has 0 saturated heterocycles. The fourth-order valence-corrected chi connectivity index (χ4v) is 1.62. The Labute approximate surface area is 99.1 Å². The van der Waals surface area contributed by atoms with E-state index in [2.05, 4.69) is 0 Å². The Morgan fingerprint density at radius 3 is 2.27 bits per heavy atom. The zero-order valence-corrected chi connectivity index (χ0v) is 9.98. The van der Waals surface area contributed by atoms with Crippen LogP contribution in [0.1, 0.15) is 24.5 Å². The highest BCUT2D eigenvalue weighted by atomic mass is 79.9. The normalized spacial score (nSPS) is 19.1. The van der Waals surface area contributed by atoms with E-state index in [1.165, 1.54) is 12.1 Å². The highest BCUT2D eigenvalue weighted by Crippen LogP contribution is 2.36. The first-order valence-electron chi connectivity index (χ1n) is 4.87. The van der Waals surface area contributed by atoms with Crippen LogP contribution in [0.4, 0.5) is 4.39 Å². The molecule has 1 fully saturated rings. The van der Waals surface area contributed by atoms with Crippen LogP contribution in [0.5, 0.6) is 0 Å². The van der Waals surface area contributed by atoms with Crippen LogP contribution >= 0.6 is 17.0 Å². The van der Waals surface area contributed by atoms with Crippen LogP contribution in [0.2, 0.25) is 0 Å². The third kappa shape index (κ3) is 3.00. The fraction of sp³-hybridized carbons (Fsp3) is 0.455. The minimum absolute atomic E-state index is 0. The lowest BCUT2D eigenvalue weighted by Gasteiger charge is -2.18. The van der Waals surface area contributed by atoms with Crippen molar-refractivity contribution in [1.29, 1.82) is 0 Å².